The zero-order chi connectivity index (χ0) is 11.0. The Hall–Kier alpha value is -0.570. The van der Waals surface area contributed by atoms with Crippen molar-refractivity contribution in [1.82, 2.24) is 5.32 Å². The average molecular weight is 201 g/mol. The maximum Gasteiger partial charge on any atom is 0.303 e. The molecular formula is C11H23NO2. The van der Waals surface area contributed by atoms with Crippen LogP contribution in [0.4, 0.5) is 0 Å². The van der Waals surface area contributed by atoms with E-state index in [1.54, 1.807) is 0 Å². The summed E-state index contributed by atoms with van der Waals surface area (Å²) < 4.78 is 0. The molecule has 0 spiro atoms. The highest BCUT2D eigenvalue weighted by Gasteiger charge is 2.13. The summed E-state index contributed by atoms with van der Waals surface area (Å²) in [6.45, 7) is 8.59. The first-order valence-electron chi connectivity index (χ1n) is 5.40. The van der Waals surface area contributed by atoms with E-state index in [1.807, 2.05) is 0 Å². The molecule has 0 unspecified atom stereocenters. The maximum absolute atomic E-state index is 10.2. The Morgan fingerprint density at radius 3 is 2.50 bits per heavy atom. The first-order chi connectivity index (χ1) is 6.48. The van der Waals surface area contributed by atoms with Gasteiger partial charge in [-0.15, -0.1) is 0 Å². The van der Waals surface area contributed by atoms with Crippen LogP contribution in [0.5, 0.6) is 0 Å². The summed E-state index contributed by atoms with van der Waals surface area (Å²) >= 11 is 0. The van der Waals surface area contributed by atoms with E-state index in [-0.39, 0.29) is 0 Å². The Balaban J connectivity index is 3.25. The van der Waals surface area contributed by atoms with Crippen molar-refractivity contribution in [3.63, 3.8) is 0 Å². The second-order valence-corrected chi connectivity index (χ2v) is 4.55. The molecule has 0 saturated carbocycles. The molecule has 3 heteroatoms. The lowest BCUT2D eigenvalue weighted by Crippen LogP contribution is -2.29. The van der Waals surface area contributed by atoms with Gasteiger partial charge in [0.2, 0.25) is 0 Å². The van der Waals surface area contributed by atoms with Crippen molar-refractivity contribution < 1.29 is 9.90 Å². The molecular weight excluding hydrogens is 178 g/mol. The number of carboxylic acid groups (broad SMARTS) is 1. The lowest BCUT2D eigenvalue weighted by atomic mass is 9.90. The van der Waals surface area contributed by atoms with E-state index in [2.05, 4.69) is 26.1 Å². The molecule has 0 aromatic heterocycles. The van der Waals surface area contributed by atoms with Gasteiger partial charge < -0.3 is 10.4 Å². The smallest absolute Gasteiger partial charge is 0.303 e. The SMILES string of the molecule is CCC(C)(C)CNCCCCC(=O)O. The number of unbranched alkanes of at least 4 members (excludes halogenated alkanes) is 1. The van der Waals surface area contributed by atoms with E-state index < -0.39 is 5.97 Å². The highest BCUT2D eigenvalue weighted by molar-refractivity contribution is 5.66. The summed E-state index contributed by atoms with van der Waals surface area (Å²) in [5, 5.41) is 11.8. The predicted octanol–water partition coefficient (Wildman–Crippen LogP) is 2.27. The molecule has 0 bridgehead atoms. The third-order valence-electron chi connectivity index (χ3n) is 2.55. The van der Waals surface area contributed by atoms with E-state index >= 15 is 0 Å². The standard InChI is InChI=1S/C11H23NO2/c1-4-11(2,3)9-12-8-6-5-7-10(13)14/h12H,4-9H2,1-3H3,(H,13,14). The van der Waals surface area contributed by atoms with Gasteiger partial charge in [-0.25, -0.2) is 0 Å². The van der Waals surface area contributed by atoms with Crippen LogP contribution >= 0.6 is 0 Å². The molecule has 84 valence electrons. The Morgan fingerprint density at radius 1 is 1.36 bits per heavy atom. The Bertz CT molecular complexity index is 167. The lowest BCUT2D eigenvalue weighted by Gasteiger charge is -2.22. The van der Waals surface area contributed by atoms with Gasteiger partial charge in [0.05, 0.1) is 0 Å². The van der Waals surface area contributed by atoms with Gasteiger partial charge in [-0.3, -0.25) is 4.79 Å². The molecule has 0 aliphatic heterocycles. The van der Waals surface area contributed by atoms with Crippen molar-refractivity contribution in [1.29, 1.82) is 0 Å². The van der Waals surface area contributed by atoms with Crippen molar-refractivity contribution in [2.24, 2.45) is 5.41 Å². The fraction of sp³-hybridized carbons (Fsp3) is 0.909. The molecule has 14 heavy (non-hydrogen) atoms. The van der Waals surface area contributed by atoms with Crippen LogP contribution < -0.4 is 5.32 Å². The summed E-state index contributed by atoms with van der Waals surface area (Å²) in [5.74, 6) is -0.695. The van der Waals surface area contributed by atoms with Gasteiger partial charge in [0.25, 0.3) is 0 Å². The number of hydrogen-bond donors (Lipinski definition) is 2. The first kappa shape index (κ1) is 13.4. The van der Waals surface area contributed by atoms with E-state index in [0.717, 1.165) is 32.4 Å². The van der Waals surface area contributed by atoms with Crippen LogP contribution in [-0.4, -0.2) is 24.2 Å². The quantitative estimate of drug-likeness (QED) is 0.592. The van der Waals surface area contributed by atoms with Gasteiger partial charge in [-0.05, 0) is 31.2 Å². The van der Waals surface area contributed by atoms with Crippen LogP contribution in [-0.2, 0) is 4.79 Å². The molecule has 0 aromatic rings. The fourth-order valence-corrected chi connectivity index (χ4v) is 1.08. The molecule has 0 amide bonds. The molecule has 0 aliphatic carbocycles. The Labute approximate surface area is 86.9 Å². The molecule has 3 nitrogen and oxygen atoms in total. The van der Waals surface area contributed by atoms with Gasteiger partial charge in [0.15, 0.2) is 0 Å². The van der Waals surface area contributed by atoms with E-state index in [4.69, 9.17) is 5.11 Å². The zero-order valence-electron chi connectivity index (χ0n) is 9.60. The number of carboxylic acids is 1. The van der Waals surface area contributed by atoms with Crippen molar-refractivity contribution in [2.45, 2.75) is 46.5 Å². The Kier molecular flexibility index (Phi) is 6.54. The highest BCUT2D eigenvalue weighted by atomic mass is 16.4. The number of aliphatic carboxylic acids is 1. The lowest BCUT2D eigenvalue weighted by molar-refractivity contribution is -0.137. The van der Waals surface area contributed by atoms with Gasteiger partial charge in [0, 0.05) is 13.0 Å². The van der Waals surface area contributed by atoms with E-state index in [0.29, 0.717) is 11.8 Å². The molecule has 0 atom stereocenters. The summed E-state index contributed by atoms with van der Waals surface area (Å²) in [5.41, 5.74) is 0.354. The third-order valence-corrected chi connectivity index (χ3v) is 2.55. The minimum Gasteiger partial charge on any atom is -0.481 e. The van der Waals surface area contributed by atoms with Crippen LogP contribution in [0.15, 0.2) is 0 Å². The molecule has 0 radical (unpaired) electrons. The second kappa shape index (κ2) is 6.82. The van der Waals surface area contributed by atoms with Gasteiger partial charge in [-0.1, -0.05) is 20.8 Å². The molecule has 0 fully saturated rings. The molecule has 0 rings (SSSR count). The normalized spacial score (nSPS) is 11.6. The summed E-state index contributed by atoms with van der Waals surface area (Å²) in [6.07, 6.45) is 3.18. The van der Waals surface area contributed by atoms with Crippen LogP contribution in [0.2, 0.25) is 0 Å². The summed E-state index contributed by atoms with van der Waals surface area (Å²) in [4.78, 5) is 10.2. The van der Waals surface area contributed by atoms with Crippen LogP contribution in [0.25, 0.3) is 0 Å². The monoisotopic (exact) mass is 201 g/mol. The van der Waals surface area contributed by atoms with Gasteiger partial charge >= 0.3 is 5.97 Å². The number of carbonyl (C=O) groups is 1. The van der Waals surface area contributed by atoms with Crippen LogP contribution in [0.1, 0.15) is 46.5 Å². The number of rotatable bonds is 8. The van der Waals surface area contributed by atoms with Crippen molar-refractivity contribution in [3.05, 3.63) is 0 Å². The number of nitrogens with one attached hydrogen (secondary N) is 1. The minimum absolute atomic E-state index is 0.291. The first-order valence-corrected chi connectivity index (χ1v) is 5.40. The average Bonchev–Trinajstić information content (AvgIpc) is 2.10. The largest absolute Gasteiger partial charge is 0.481 e. The molecule has 0 aromatic carbocycles. The molecule has 0 heterocycles. The van der Waals surface area contributed by atoms with Crippen LogP contribution in [0.3, 0.4) is 0 Å². The summed E-state index contributed by atoms with van der Waals surface area (Å²) in [6, 6.07) is 0. The highest BCUT2D eigenvalue weighted by Crippen LogP contribution is 2.17. The van der Waals surface area contributed by atoms with Crippen molar-refractivity contribution in [2.75, 3.05) is 13.1 Å². The topological polar surface area (TPSA) is 49.3 Å². The van der Waals surface area contributed by atoms with Crippen molar-refractivity contribution >= 4 is 5.97 Å². The molecule has 2 N–H and O–H groups in total. The van der Waals surface area contributed by atoms with Crippen LogP contribution in [0, 0.1) is 5.41 Å². The zero-order valence-corrected chi connectivity index (χ0v) is 9.60. The molecule has 0 aliphatic rings. The van der Waals surface area contributed by atoms with Crippen molar-refractivity contribution in [3.8, 4) is 0 Å². The summed E-state index contributed by atoms with van der Waals surface area (Å²) in [7, 11) is 0. The van der Waals surface area contributed by atoms with E-state index in [9.17, 15) is 4.79 Å². The number of hydrogen-bond acceptors (Lipinski definition) is 2. The third kappa shape index (κ3) is 8.05. The van der Waals surface area contributed by atoms with E-state index in [1.165, 1.54) is 0 Å². The predicted molar refractivity (Wildman–Crippen MR) is 58.4 cm³/mol. The van der Waals surface area contributed by atoms with Gasteiger partial charge in [-0.2, -0.15) is 0 Å². The maximum atomic E-state index is 10.2. The fourth-order valence-electron chi connectivity index (χ4n) is 1.08. The minimum atomic E-state index is -0.695. The van der Waals surface area contributed by atoms with Gasteiger partial charge in [0.1, 0.15) is 0 Å². The Morgan fingerprint density at radius 2 is 2.00 bits per heavy atom. The molecule has 0 saturated heterocycles. The second-order valence-electron chi connectivity index (χ2n) is 4.55.